The second-order valence-electron chi connectivity index (χ2n) is 4.97. The van der Waals surface area contributed by atoms with Gasteiger partial charge in [-0.2, -0.15) is 4.31 Å². The molecule has 19 heavy (non-hydrogen) atoms. The van der Waals surface area contributed by atoms with Crippen LogP contribution >= 0.6 is 0 Å². The fourth-order valence-corrected chi connectivity index (χ4v) is 4.13. The average molecular weight is 290 g/mol. The summed E-state index contributed by atoms with van der Waals surface area (Å²) in [4.78, 5) is -0.892. The molecule has 1 saturated heterocycles. The van der Waals surface area contributed by atoms with Gasteiger partial charge >= 0.3 is 0 Å². The molecule has 1 aromatic rings. The van der Waals surface area contributed by atoms with Gasteiger partial charge in [0.05, 0.1) is 0 Å². The number of piperidine rings is 1. The highest BCUT2D eigenvalue weighted by molar-refractivity contribution is 7.89. The lowest BCUT2D eigenvalue weighted by Gasteiger charge is -2.33. The van der Waals surface area contributed by atoms with Crippen LogP contribution in [0.25, 0.3) is 0 Å². The first-order valence-corrected chi connectivity index (χ1v) is 7.46. The molecule has 1 fully saturated rings. The van der Waals surface area contributed by atoms with E-state index in [1.54, 1.807) is 0 Å². The van der Waals surface area contributed by atoms with Gasteiger partial charge in [0.15, 0.2) is 4.90 Å². The van der Waals surface area contributed by atoms with Gasteiger partial charge in [-0.15, -0.1) is 0 Å². The molecule has 0 saturated carbocycles. The predicted octanol–water partition coefficient (Wildman–Crippen LogP) is 1.32. The van der Waals surface area contributed by atoms with Crippen LogP contribution in [0.1, 0.15) is 13.3 Å². The zero-order chi connectivity index (χ0) is 14.2. The summed E-state index contributed by atoms with van der Waals surface area (Å²) in [7, 11) is -4.19. The van der Waals surface area contributed by atoms with Crippen molar-refractivity contribution in [1.29, 1.82) is 0 Å². The SMILES string of the molecule is CC1CC(N)CN(S(=O)(=O)c2c(F)cccc2F)C1. The lowest BCUT2D eigenvalue weighted by Crippen LogP contribution is -2.49. The molecule has 4 nitrogen and oxygen atoms in total. The van der Waals surface area contributed by atoms with E-state index in [9.17, 15) is 17.2 Å². The van der Waals surface area contributed by atoms with E-state index in [4.69, 9.17) is 5.73 Å². The molecule has 2 N–H and O–H groups in total. The molecule has 106 valence electrons. The van der Waals surface area contributed by atoms with Crippen LogP contribution in [0.3, 0.4) is 0 Å². The van der Waals surface area contributed by atoms with E-state index in [2.05, 4.69) is 0 Å². The maximum Gasteiger partial charge on any atom is 0.248 e. The third-order valence-corrected chi connectivity index (χ3v) is 5.06. The van der Waals surface area contributed by atoms with Crippen molar-refractivity contribution in [3.8, 4) is 0 Å². The second-order valence-corrected chi connectivity index (χ2v) is 6.85. The zero-order valence-electron chi connectivity index (χ0n) is 10.5. The molecular weight excluding hydrogens is 274 g/mol. The highest BCUT2D eigenvalue weighted by Crippen LogP contribution is 2.26. The Morgan fingerprint density at radius 1 is 1.26 bits per heavy atom. The number of nitrogens with zero attached hydrogens (tertiary/aromatic N) is 1. The van der Waals surface area contributed by atoms with Gasteiger partial charge in [0.1, 0.15) is 11.6 Å². The van der Waals surface area contributed by atoms with E-state index in [0.717, 1.165) is 22.5 Å². The van der Waals surface area contributed by atoms with Crippen LogP contribution in [0.15, 0.2) is 23.1 Å². The van der Waals surface area contributed by atoms with E-state index >= 15 is 0 Å². The summed E-state index contributed by atoms with van der Waals surface area (Å²) in [6, 6.07) is 2.69. The van der Waals surface area contributed by atoms with Gasteiger partial charge in [-0.3, -0.25) is 0 Å². The monoisotopic (exact) mass is 290 g/mol. The fraction of sp³-hybridized carbons (Fsp3) is 0.500. The first-order valence-electron chi connectivity index (χ1n) is 6.02. The number of benzene rings is 1. The third kappa shape index (κ3) is 2.77. The molecular formula is C12H16F2N2O2S. The van der Waals surface area contributed by atoms with Crippen LogP contribution in [0.4, 0.5) is 8.78 Å². The van der Waals surface area contributed by atoms with E-state index in [1.165, 1.54) is 0 Å². The van der Waals surface area contributed by atoms with Crippen LogP contribution in [0, 0.1) is 17.6 Å². The second kappa shape index (κ2) is 5.15. The Bertz CT molecular complexity index is 547. The van der Waals surface area contributed by atoms with Crippen molar-refractivity contribution < 1.29 is 17.2 Å². The molecule has 0 bridgehead atoms. The molecule has 1 heterocycles. The Labute approximate surface area is 111 Å². The predicted molar refractivity (Wildman–Crippen MR) is 66.9 cm³/mol. The Balaban J connectivity index is 2.42. The van der Waals surface area contributed by atoms with Crippen molar-refractivity contribution >= 4 is 10.0 Å². The van der Waals surface area contributed by atoms with Crippen LogP contribution in [-0.4, -0.2) is 31.9 Å². The first kappa shape index (κ1) is 14.4. The summed E-state index contributed by atoms with van der Waals surface area (Å²) in [5.41, 5.74) is 5.77. The molecule has 2 unspecified atom stereocenters. The number of rotatable bonds is 2. The number of hydrogen-bond acceptors (Lipinski definition) is 3. The lowest BCUT2D eigenvalue weighted by atomic mass is 9.99. The topological polar surface area (TPSA) is 63.4 Å². The van der Waals surface area contributed by atoms with Gasteiger partial charge in [0.2, 0.25) is 10.0 Å². The van der Waals surface area contributed by atoms with Crippen molar-refractivity contribution in [2.24, 2.45) is 11.7 Å². The van der Waals surface area contributed by atoms with Crippen molar-refractivity contribution in [2.75, 3.05) is 13.1 Å². The maximum absolute atomic E-state index is 13.6. The molecule has 7 heteroatoms. The molecule has 2 atom stereocenters. The molecule has 1 aliphatic rings. The summed E-state index contributed by atoms with van der Waals surface area (Å²) in [6.45, 7) is 2.17. The average Bonchev–Trinajstić information content (AvgIpc) is 2.26. The minimum absolute atomic E-state index is 0.0633. The van der Waals surface area contributed by atoms with Crippen molar-refractivity contribution in [3.05, 3.63) is 29.8 Å². The summed E-state index contributed by atoms with van der Waals surface area (Å²) in [5.74, 6) is -2.09. The molecule has 0 amide bonds. The van der Waals surface area contributed by atoms with Crippen molar-refractivity contribution in [1.82, 2.24) is 4.31 Å². The Kier molecular flexibility index (Phi) is 3.89. The highest BCUT2D eigenvalue weighted by atomic mass is 32.2. The van der Waals surface area contributed by atoms with E-state index in [0.29, 0.717) is 6.42 Å². The zero-order valence-corrected chi connectivity index (χ0v) is 11.3. The van der Waals surface area contributed by atoms with Gasteiger partial charge in [0, 0.05) is 19.1 Å². The highest BCUT2D eigenvalue weighted by Gasteiger charge is 2.35. The standard InChI is InChI=1S/C12H16F2N2O2S/c1-8-5-9(15)7-16(6-8)19(17,18)12-10(13)3-2-4-11(12)14/h2-4,8-9H,5-7,15H2,1H3. The molecule has 2 rings (SSSR count). The molecule has 0 aliphatic carbocycles. The summed E-state index contributed by atoms with van der Waals surface area (Å²) in [5, 5.41) is 0. The van der Waals surface area contributed by atoms with Crippen molar-refractivity contribution in [2.45, 2.75) is 24.3 Å². The van der Waals surface area contributed by atoms with E-state index < -0.39 is 26.6 Å². The quantitative estimate of drug-likeness (QED) is 0.893. The molecule has 0 spiro atoms. The summed E-state index contributed by atoms with van der Waals surface area (Å²) >= 11 is 0. The number of halogens is 2. The minimum Gasteiger partial charge on any atom is -0.326 e. The first-order chi connectivity index (χ1) is 8.82. The van der Waals surface area contributed by atoms with Crippen LogP contribution in [0.2, 0.25) is 0 Å². The Hall–Kier alpha value is -1.05. The molecule has 0 radical (unpaired) electrons. The largest absolute Gasteiger partial charge is 0.326 e. The normalized spacial score (nSPS) is 25.5. The maximum atomic E-state index is 13.6. The number of hydrogen-bond donors (Lipinski definition) is 1. The van der Waals surface area contributed by atoms with Crippen LogP contribution in [0.5, 0.6) is 0 Å². The molecule has 1 aromatic carbocycles. The van der Waals surface area contributed by atoms with E-state index in [-0.39, 0.29) is 25.0 Å². The van der Waals surface area contributed by atoms with E-state index in [1.807, 2.05) is 6.92 Å². The smallest absolute Gasteiger partial charge is 0.248 e. The van der Waals surface area contributed by atoms with Crippen LogP contribution in [-0.2, 0) is 10.0 Å². The fourth-order valence-electron chi connectivity index (χ4n) is 2.40. The molecule has 1 aliphatic heterocycles. The molecule has 0 aromatic heterocycles. The Morgan fingerprint density at radius 3 is 2.37 bits per heavy atom. The number of nitrogens with two attached hydrogens (primary N) is 1. The van der Waals surface area contributed by atoms with Gasteiger partial charge in [0.25, 0.3) is 0 Å². The van der Waals surface area contributed by atoms with Gasteiger partial charge in [-0.25, -0.2) is 17.2 Å². The minimum atomic E-state index is -4.19. The lowest BCUT2D eigenvalue weighted by molar-refractivity contribution is 0.253. The van der Waals surface area contributed by atoms with Crippen molar-refractivity contribution in [3.63, 3.8) is 0 Å². The Morgan fingerprint density at radius 2 is 1.84 bits per heavy atom. The summed E-state index contributed by atoms with van der Waals surface area (Å²) in [6.07, 6.45) is 0.700. The summed E-state index contributed by atoms with van der Waals surface area (Å²) < 4.78 is 52.9. The van der Waals surface area contributed by atoms with Gasteiger partial charge in [-0.05, 0) is 24.5 Å². The number of sulfonamides is 1. The van der Waals surface area contributed by atoms with Gasteiger partial charge < -0.3 is 5.73 Å². The van der Waals surface area contributed by atoms with Gasteiger partial charge in [-0.1, -0.05) is 13.0 Å². The van der Waals surface area contributed by atoms with Crippen LogP contribution < -0.4 is 5.73 Å². The third-order valence-electron chi connectivity index (χ3n) is 3.18.